The lowest BCUT2D eigenvalue weighted by atomic mass is 10.2. The van der Waals surface area contributed by atoms with Gasteiger partial charge in [0.2, 0.25) is 0 Å². The van der Waals surface area contributed by atoms with E-state index in [4.69, 9.17) is 0 Å². The minimum Gasteiger partial charge on any atom is -0.465 e. The van der Waals surface area contributed by atoms with Gasteiger partial charge in [-0.05, 0) is 30.3 Å². The molecule has 0 atom stereocenters. The third-order valence-electron chi connectivity index (χ3n) is 2.56. The van der Waals surface area contributed by atoms with Crippen molar-refractivity contribution in [2.75, 3.05) is 12.4 Å². The van der Waals surface area contributed by atoms with E-state index in [1.54, 1.807) is 12.1 Å². The molecule has 2 aromatic rings. The molecule has 6 heteroatoms. The van der Waals surface area contributed by atoms with Crippen molar-refractivity contribution in [2.45, 2.75) is 0 Å². The number of halogens is 1. The number of esters is 1. The fourth-order valence-corrected chi connectivity index (χ4v) is 1.55. The van der Waals surface area contributed by atoms with Crippen LogP contribution in [0.25, 0.3) is 0 Å². The summed E-state index contributed by atoms with van der Waals surface area (Å²) in [6.07, 6.45) is 2.90. The minimum atomic E-state index is -0.717. The van der Waals surface area contributed by atoms with Gasteiger partial charge in [0.1, 0.15) is 5.82 Å². The second-order valence-corrected chi connectivity index (χ2v) is 3.88. The van der Waals surface area contributed by atoms with Crippen molar-refractivity contribution >= 4 is 17.6 Å². The number of benzene rings is 1. The van der Waals surface area contributed by atoms with Crippen LogP contribution in [-0.4, -0.2) is 24.0 Å². The van der Waals surface area contributed by atoms with Gasteiger partial charge in [-0.1, -0.05) is 0 Å². The van der Waals surface area contributed by atoms with Crippen LogP contribution >= 0.6 is 0 Å². The first-order valence-corrected chi connectivity index (χ1v) is 5.71. The molecule has 0 spiro atoms. The first kappa shape index (κ1) is 13.7. The predicted octanol–water partition coefficient (Wildman–Crippen LogP) is 2.26. The van der Waals surface area contributed by atoms with Gasteiger partial charge in [-0.3, -0.25) is 9.78 Å². The number of rotatable bonds is 3. The fourth-order valence-electron chi connectivity index (χ4n) is 1.55. The lowest BCUT2D eigenvalue weighted by Gasteiger charge is -2.07. The molecular weight excluding hydrogens is 263 g/mol. The van der Waals surface area contributed by atoms with Gasteiger partial charge in [0.15, 0.2) is 0 Å². The summed E-state index contributed by atoms with van der Waals surface area (Å²) in [5, 5.41) is 2.40. The van der Waals surface area contributed by atoms with Gasteiger partial charge in [0.25, 0.3) is 5.91 Å². The Morgan fingerprint density at radius 1 is 1.25 bits per heavy atom. The molecule has 20 heavy (non-hydrogen) atoms. The van der Waals surface area contributed by atoms with E-state index in [0.29, 0.717) is 5.56 Å². The summed E-state index contributed by atoms with van der Waals surface area (Å²) in [4.78, 5) is 26.9. The Morgan fingerprint density at radius 2 is 2.05 bits per heavy atom. The van der Waals surface area contributed by atoms with Crippen LogP contribution in [0.4, 0.5) is 10.1 Å². The van der Waals surface area contributed by atoms with Crippen molar-refractivity contribution < 1.29 is 18.7 Å². The number of nitrogens with one attached hydrogen (secondary N) is 1. The normalized spacial score (nSPS) is 9.90. The molecule has 5 nitrogen and oxygen atoms in total. The summed E-state index contributed by atoms with van der Waals surface area (Å²) in [6, 6.07) is 6.84. The van der Waals surface area contributed by atoms with Gasteiger partial charge in [0.05, 0.1) is 23.9 Å². The van der Waals surface area contributed by atoms with Gasteiger partial charge in [-0.2, -0.15) is 0 Å². The molecule has 0 unspecified atom stereocenters. The number of ether oxygens (including phenoxy) is 1. The van der Waals surface area contributed by atoms with Crippen LogP contribution in [0.3, 0.4) is 0 Å². The average molecular weight is 274 g/mol. The molecule has 0 aliphatic heterocycles. The van der Waals surface area contributed by atoms with E-state index in [1.807, 2.05) is 0 Å². The van der Waals surface area contributed by atoms with Gasteiger partial charge in [-0.15, -0.1) is 0 Å². The highest BCUT2D eigenvalue weighted by molar-refractivity contribution is 6.04. The van der Waals surface area contributed by atoms with E-state index in [9.17, 15) is 14.0 Å². The molecule has 0 saturated carbocycles. The molecule has 0 aliphatic carbocycles. The molecule has 102 valence electrons. The smallest absolute Gasteiger partial charge is 0.337 e. The molecule has 1 heterocycles. The maximum absolute atomic E-state index is 13.8. The first-order chi connectivity index (χ1) is 9.61. The highest BCUT2D eigenvalue weighted by Crippen LogP contribution is 2.17. The predicted molar refractivity (Wildman–Crippen MR) is 69.9 cm³/mol. The molecule has 2 rings (SSSR count). The molecule has 1 aromatic carbocycles. The second kappa shape index (κ2) is 5.92. The van der Waals surface area contributed by atoms with Crippen LogP contribution in [-0.2, 0) is 4.74 Å². The molecular formula is C14H11FN2O3. The number of nitrogens with zero attached hydrogens (tertiary/aromatic N) is 1. The zero-order valence-electron chi connectivity index (χ0n) is 10.6. The van der Waals surface area contributed by atoms with E-state index in [2.05, 4.69) is 15.0 Å². The van der Waals surface area contributed by atoms with E-state index in [-0.39, 0.29) is 11.3 Å². The van der Waals surface area contributed by atoms with E-state index in [0.717, 1.165) is 6.07 Å². The standard InChI is InChI=1S/C14H11FN2O3/c1-20-14(19)9-4-5-12(11(15)7-9)17-13(18)10-3-2-6-16-8-10/h2-8H,1H3,(H,17,18). The number of amides is 1. The van der Waals surface area contributed by atoms with E-state index in [1.165, 1.54) is 31.6 Å². The van der Waals surface area contributed by atoms with Gasteiger partial charge < -0.3 is 10.1 Å². The molecule has 0 fully saturated rings. The Morgan fingerprint density at radius 3 is 2.65 bits per heavy atom. The average Bonchev–Trinajstić information content (AvgIpc) is 2.49. The van der Waals surface area contributed by atoms with Gasteiger partial charge in [0, 0.05) is 12.4 Å². The van der Waals surface area contributed by atoms with Crippen LogP contribution in [0.2, 0.25) is 0 Å². The number of hydrogen-bond donors (Lipinski definition) is 1. The Kier molecular flexibility index (Phi) is 4.05. The molecule has 1 N–H and O–H groups in total. The van der Waals surface area contributed by atoms with Gasteiger partial charge >= 0.3 is 5.97 Å². The van der Waals surface area contributed by atoms with E-state index >= 15 is 0 Å². The molecule has 0 aliphatic rings. The Bertz CT molecular complexity index is 644. The number of methoxy groups -OCH3 is 1. The number of anilines is 1. The third-order valence-corrected chi connectivity index (χ3v) is 2.56. The summed E-state index contributed by atoms with van der Waals surface area (Å²) >= 11 is 0. The number of carbonyl (C=O) groups excluding carboxylic acids is 2. The fraction of sp³-hybridized carbons (Fsp3) is 0.0714. The van der Waals surface area contributed by atoms with Crippen LogP contribution in [0, 0.1) is 5.82 Å². The van der Waals surface area contributed by atoms with Crippen molar-refractivity contribution in [1.82, 2.24) is 4.98 Å². The number of hydrogen-bond acceptors (Lipinski definition) is 4. The highest BCUT2D eigenvalue weighted by Gasteiger charge is 2.12. The topological polar surface area (TPSA) is 68.3 Å². The Hall–Kier alpha value is -2.76. The lowest BCUT2D eigenvalue weighted by molar-refractivity contribution is 0.0600. The van der Waals surface area contributed by atoms with Crippen molar-refractivity contribution in [3.05, 3.63) is 59.7 Å². The Labute approximate surface area is 114 Å². The maximum atomic E-state index is 13.8. The Balaban J connectivity index is 2.18. The van der Waals surface area contributed by atoms with Crippen LogP contribution < -0.4 is 5.32 Å². The van der Waals surface area contributed by atoms with Crippen molar-refractivity contribution in [2.24, 2.45) is 0 Å². The monoisotopic (exact) mass is 274 g/mol. The number of carbonyl (C=O) groups is 2. The van der Waals surface area contributed by atoms with Crippen molar-refractivity contribution in [3.8, 4) is 0 Å². The molecule has 1 amide bonds. The second-order valence-electron chi connectivity index (χ2n) is 3.88. The summed E-state index contributed by atoms with van der Waals surface area (Å²) < 4.78 is 18.3. The van der Waals surface area contributed by atoms with Crippen LogP contribution in [0.1, 0.15) is 20.7 Å². The molecule has 0 saturated heterocycles. The first-order valence-electron chi connectivity index (χ1n) is 5.71. The third kappa shape index (κ3) is 2.97. The maximum Gasteiger partial charge on any atom is 0.337 e. The number of aromatic nitrogens is 1. The molecule has 0 bridgehead atoms. The lowest BCUT2D eigenvalue weighted by Crippen LogP contribution is -2.13. The largest absolute Gasteiger partial charge is 0.465 e. The molecule has 0 radical (unpaired) electrons. The van der Waals surface area contributed by atoms with Crippen molar-refractivity contribution in [3.63, 3.8) is 0 Å². The minimum absolute atomic E-state index is 0.0218. The summed E-state index contributed by atoms with van der Waals surface area (Å²) in [5.41, 5.74) is 0.361. The summed E-state index contributed by atoms with van der Waals surface area (Å²) in [5.74, 6) is -1.85. The number of pyridine rings is 1. The zero-order chi connectivity index (χ0) is 14.5. The summed E-state index contributed by atoms with van der Waals surface area (Å²) in [6.45, 7) is 0. The van der Waals surface area contributed by atoms with Crippen LogP contribution in [0.15, 0.2) is 42.7 Å². The summed E-state index contributed by atoms with van der Waals surface area (Å²) in [7, 11) is 1.21. The SMILES string of the molecule is COC(=O)c1ccc(NC(=O)c2cccnc2)c(F)c1. The van der Waals surface area contributed by atoms with E-state index < -0.39 is 17.7 Å². The zero-order valence-corrected chi connectivity index (χ0v) is 10.6. The molecule has 1 aromatic heterocycles. The van der Waals surface area contributed by atoms with Crippen molar-refractivity contribution in [1.29, 1.82) is 0 Å². The highest BCUT2D eigenvalue weighted by atomic mass is 19.1. The quantitative estimate of drug-likeness (QED) is 0.872. The van der Waals surface area contributed by atoms with Crippen LogP contribution in [0.5, 0.6) is 0 Å². The van der Waals surface area contributed by atoms with Gasteiger partial charge in [-0.25, -0.2) is 9.18 Å².